The molecule has 1 atom stereocenters. The van der Waals surface area contributed by atoms with Crippen LogP contribution in [0.25, 0.3) is 0 Å². The number of hydrogen-bond donors (Lipinski definition) is 1. The van der Waals surface area contributed by atoms with Crippen LogP contribution in [0.2, 0.25) is 0 Å². The predicted octanol–water partition coefficient (Wildman–Crippen LogP) is 4.37. The van der Waals surface area contributed by atoms with E-state index in [0.717, 1.165) is 0 Å². The van der Waals surface area contributed by atoms with Crippen LogP contribution in [0, 0.1) is 17.5 Å². The summed E-state index contributed by atoms with van der Waals surface area (Å²) in [6, 6.07) is 7.96. The molecule has 5 heteroatoms. The van der Waals surface area contributed by atoms with Crippen LogP contribution in [0.5, 0.6) is 0 Å². The maximum Gasteiger partial charge on any atom is 0.137 e. The summed E-state index contributed by atoms with van der Waals surface area (Å²) in [5.41, 5.74) is 0.609. The molecule has 0 radical (unpaired) electrons. The van der Waals surface area contributed by atoms with Gasteiger partial charge in [-0.2, -0.15) is 0 Å². The average Bonchev–Trinajstić information content (AvgIpc) is 2.42. The molecule has 0 bridgehead atoms. The topological polar surface area (TPSA) is 12.0 Å². The lowest BCUT2D eigenvalue weighted by Gasteiger charge is -2.19. The first-order valence-corrected chi connectivity index (χ1v) is 6.88. The first-order chi connectivity index (χ1) is 9.54. The van der Waals surface area contributed by atoms with Crippen molar-refractivity contribution < 1.29 is 13.2 Å². The van der Waals surface area contributed by atoms with Crippen LogP contribution in [0.15, 0.2) is 40.9 Å². The van der Waals surface area contributed by atoms with Gasteiger partial charge in [-0.05, 0) is 53.2 Å². The molecule has 20 heavy (non-hydrogen) atoms. The number of likely N-dealkylation sites (N-methyl/N-ethyl adjacent to an activating group) is 1. The Morgan fingerprint density at radius 1 is 1.00 bits per heavy atom. The number of halogens is 4. The van der Waals surface area contributed by atoms with Crippen molar-refractivity contribution >= 4 is 15.9 Å². The van der Waals surface area contributed by atoms with Crippen molar-refractivity contribution in [2.75, 3.05) is 7.05 Å². The Labute approximate surface area is 123 Å². The lowest BCUT2D eigenvalue weighted by Crippen LogP contribution is -2.20. The highest BCUT2D eigenvalue weighted by molar-refractivity contribution is 9.10. The Balaban J connectivity index is 2.37. The highest BCUT2D eigenvalue weighted by Crippen LogP contribution is 2.29. The van der Waals surface area contributed by atoms with Crippen LogP contribution in [0.1, 0.15) is 17.2 Å². The largest absolute Gasteiger partial charge is 0.313 e. The molecule has 0 fully saturated rings. The minimum absolute atomic E-state index is 0.0111. The van der Waals surface area contributed by atoms with Crippen LogP contribution in [0.3, 0.4) is 0 Å². The highest BCUT2D eigenvalue weighted by atomic mass is 79.9. The van der Waals surface area contributed by atoms with E-state index in [1.54, 1.807) is 19.2 Å². The molecule has 106 valence electrons. The summed E-state index contributed by atoms with van der Waals surface area (Å²) >= 11 is 3.17. The second kappa shape index (κ2) is 6.41. The van der Waals surface area contributed by atoms with Gasteiger partial charge >= 0.3 is 0 Å². The molecule has 0 amide bonds. The zero-order valence-electron chi connectivity index (χ0n) is 10.8. The Morgan fingerprint density at radius 3 is 2.15 bits per heavy atom. The number of benzene rings is 2. The molecule has 0 spiro atoms. The fourth-order valence-corrected chi connectivity index (χ4v) is 2.63. The third-order valence-corrected chi connectivity index (χ3v) is 4.01. The molecular formula is C15H13BrF3N. The van der Waals surface area contributed by atoms with Crippen LogP contribution < -0.4 is 5.32 Å². The van der Waals surface area contributed by atoms with Crippen molar-refractivity contribution in [2.24, 2.45) is 0 Å². The minimum atomic E-state index is -0.599. The van der Waals surface area contributed by atoms with Gasteiger partial charge in [-0.25, -0.2) is 13.2 Å². The quantitative estimate of drug-likeness (QED) is 0.869. The van der Waals surface area contributed by atoms with Gasteiger partial charge in [0.25, 0.3) is 0 Å². The summed E-state index contributed by atoms with van der Waals surface area (Å²) in [5.74, 6) is -1.60. The molecular weight excluding hydrogens is 331 g/mol. The van der Waals surface area contributed by atoms with Gasteiger partial charge in [-0.3, -0.25) is 0 Å². The summed E-state index contributed by atoms with van der Waals surface area (Å²) in [7, 11) is 1.67. The van der Waals surface area contributed by atoms with Gasteiger partial charge < -0.3 is 5.32 Å². The summed E-state index contributed by atoms with van der Waals surface area (Å²) in [6.45, 7) is 0. The van der Waals surface area contributed by atoms with E-state index in [4.69, 9.17) is 0 Å². The standard InChI is InChI=1S/C15H13BrF3N/c1-20-14(9-4-2-7-13(19)15(9)16)8-10-11(17)5-3-6-12(10)18/h2-7,14,20H,8H2,1H3. The number of nitrogens with one attached hydrogen (secondary N) is 1. The molecule has 2 rings (SSSR count). The summed E-state index contributed by atoms with van der Waals surface area (Å²) in [6.07, 6.45) is 0.0943. The average molecular weight is 344 g/mol. The van der Waals surface area contributed by atoms with Crippen molar-refractivity contribution in [3.8, 4) is 0 Å². The molecule has 0 saturated heterocycles. The van der Waals surface area contributed by atoms with E-state index >= 15 is 0 Å². The van der Waals surface area contributed by atoms with Crippen molar-refractivity contribution in [2.45, 2.75) is 12.5 Å². The van der Waals surface area contributed by atoms with E-state index in [2.05, 4.69) is 21.2 Å². The molecule has 0 aliphatic carbocycles. The van der Waals surface area contributed by atoms with E-state index < -0.39 is 23.5 Å². The second-order valence-electron chi connectivity index (χ2n) is 4.39. The van der Waals surface area contributed by atoms with E-state index in [1.165, 1.54) is 24.3 Å². The fourth-order valence-electron chi connectivity index (χ4n) is 2.09. The predicted molar refractivity (Wildman–Crippen MR) is 76.0 cm³/mol. The normalized spacial score (nSPS) is 12.4. The molecule has 0 aliphatic heterocycles. The second-order valence-corrected chi connectivity index (χ2v) is 5.18. The number of rotatable bonds is 4. The fraction of sp³-hybridized carbons (Fsp3) is 0.200. The zero-order chi connectivity index (χ0) is 14.7. The molecule has 0 saturated carbocycles. The molecule has 0 aromatic heterocycles. The molecule has 2 aromatic rings. The highest BCUT2D eigenvalue weighted by Gasteiger charge is 2.19. The van der Waals surface area contributed by atoms with Gasteiger partial charge in [0, 0.05) is 11.6 Å². The van der Waals surface area contributed by atoms with Crippen molar-refractivity contribution in [3.63, 3.8) is 0 Å². The summed E-state index contributed by atoms with van der Waals surface area (Å²) in [4.78, 5) is 0. The molecule has 1 nitrogen and oxygen atoms in total. The Hall–Kier alpha value is -1.33. The van der Waals surface area contributed by atoms with E-state index in [-0.39, 0.29) is 12.0 Å². The van der Waals surface area contributed by atoms with Crippen LogP contribution in [0.4, 0.5) is 13.2 Å². The first kappa shape index (κ1) is 15.1. The SMILES string of the molecule is CNC(Cc1c(F)cccc1F)c1cccc(F)c1Br. The lowest BCUT2D eigenvalue weighted by molar-refractivity contribution is 0.511. The zero-order valence-corrected chi connectivity index (χ0v) is 12.3. The Bertz CT molecular complexity index is 596. The molecule has 0 aliphatic rings. The van der Waals surface area contributed by atoms with Crippen molar-refractivity contribution in [1.82, 2.24) is 5.32 Å². The third kappa shape index (κ3) is 3.04. The maximum atomic E-state index is 13.7. The smallest absolute Gasteiger partial charge is 0.137 e. The van der Waals surface area contributed by atoms with Gasteiger partial charge in [0.1, 0.15) is 17.5 Å². The number of hydrogen-bond acceptors (Lipinski definition) is 1. The van der Waals surface area contributed by atoms with Crippen LogP contribution in [-0.4, -0.2) is 7.05 Å². The molecule has 0 heterocycles. The van der Waals surface area contributed by atoms with Gasteiger partial charge in [-0.1, -0.05) is 18.2 Å². The van der Waals surface area contributed by atoms with E-state index in [1.807, 2.05) is 0 Å². The van der Waals surface area contributed by atoms with Crippen molar-refractivity contribution in [3.05, 3.63) is 69.4 Å². The van der Waals surface area contributed by atoms with Gasteiger partial charge in [-0.15, -0.1) is 0 Å². The van der Waals surface area contributed by atoms with Gasteiger partial charge in [0.2, 0.25) is 0 Å². The Morgan fingerprint density at radius 2 is 1.55 bits per heavy atom. The monoisotopic (exact) mass is 343 g/mol. The summed E-state index contributed by atoms with van der Waals surface area (Å²) < 4.78 is 41.2. The van der Waals surface area contributed by atoms with Gasteiger partial charge in [0.15, 0.2) is 0 Å². The third-order valence-electron chi connectivity index (χ3n) is 3.18. The van der Waals surface area contributed by atoms with Crippen molar-refractivity contribution in [1.29, 1.82) is 0 Å². The first-order valence-electron chi connectivity index (χ1n) is 6.08. The van der Waals surface area contributed by atoms with E-state index in [9.17, 15) is 13.2 Å². The summed E-state index contributed by atoms with van der Waals surface area (Å²) in [5, 5.41) is 2.96. The molecule has 1 N–H and O–H groups in total. The maximum absolute atomic E-state index is 13.7. The minimum Gasteiger partial charge on any atom is -0.313 e. The Kier molecular flexibility index (Phi) is 4.83. The van der Waals surface area contributed by atoms with E-state index in [0.29, 0.717) is 10.0 Å². The van der Waals surface area contributed by atoms with Crippen LogP contribution >= 0.6 is 15.9 Å². The van der Waals surface area contributed by atoms with Crippen LogP contribution in [-0.2, 0) is 6.42 Å². The lowest BCUT2D eigenvalue weighted by atomic mass is 9.98. The molecule has 2 aromatic carbocycles. The van der Waals surface area contributed by atoms with Gasteiger partial charge in [0.05, 0.1) is 4.47 Å². The molecule has 1 unspecified atom stereocenters.